The standard InChI is InChI=1S/C18H20FN5O2/c1-21-7-6-20-16(21)12-23-11-15-10-22(8-9-24(15)18(23)26)17(25)13-2-4-14(19)5-3-13/h2-7,15H,8-12H2,1H3/t15-/m1/s1. The second-order valence-electron chi connectivity index (χ2n) is 6.72. The SMILES string of the molecule is Cn1ccnc1CN1C[C@H]2CN(C(=O)c3ccc(F)cc3)CCN2C1=O. The summed E-state index contributed by atoms with van der Waals surface area (Å²) in [4.78, 5) is 34.9. The molecule has 0 bridgehead atoms. The van der Waals surface area contributed by atoms with Gasteiger partial charge < -0.3 is 19.3 Å². The van der Waals surface area contributed by atoms with Crippen molar-refractivity contribution >= 4 is 11.9 Å². The van der Waals surface area contributed by atoms with Crippen molar-refractivity contribution in [2.75, 3.05) is 26.2 Å². The van der Waals surface area contributed by atoms with Crippen molar-refractivity contribution in [1.82, 2.24) is 24.3 Å². The zero-order chi connectivity index (χ0) is 18.3. The number of urea groups is 1. The Morgan fingerprint density at radius 2 is 2.00 bits per heavy atom. The summed E-state index contributed by atoms with van der Waals surface area (Å²) in [5, 5.41) is 0. The fraction of sp³-hybridized carbons (Fsp3) is 0.389. The minimum Gasteiger partial charge on any atom is -0.337 e. The first-order valence-corrected chi connectivity index (χ1v) is 8.59. The topological polar surface area (TPSA) is 61.7 Å². The lowest BCUT2D eigenvalue weighted by molar-refractivity contribution is 0.0617. The Bertz CT molecular complexity index is 834. The Kier molecular flexibility index (Phi) is 4.10. The molecule has 2 saturated heterocycles. The van der Waals surface area contributed by atoms with Gasteiger partial charge in [-0.2, -0.15) is 0 Å². The lowest BCUT2D eigenvalue weighted by Crippen LogP contribution is -2.53. The molecule has 2 aliphatic rings. The van der Waals surface area contributed by atoms with Crippen molar-refractivity contribution in [2.24, 2.45) is 7.05 Å². The third-order valence-electron chi connectivity index (χ3n) is 5.06. The van der Waals surface area contributed by atoms with E-state index in [-0.39, 0.29) is 23.8 Å². The number of aryl methyl sites for hydroxylation is 1. The molecule has 1 atom stereocenters. The molecule has 4 rings (SSSR count). The molecule has 0 spiro atoms. The number of nitrogens with zero attached hydrogens (tertiary/aromatic N) is 5. The van der Waals surface area contributed by atoms with Crippen LogP contribution in [0.5, 0.6) is 0 Å². The van der Waals surface area contributed by atoms with Gasteiger partial charge in [0.2, 0.25) is 0 Å². The van der Waals surface area contributed by atoms with Gasteiger partial charge >= 0.3 is 6.03 Å². The average molecular weight is 357 g/mol. The number of imidazole rings is 1. The van der Waals surface area contributed by atoms with E-state index in [0.717, 1.165) is 5.82 Å². The van der Waals surface area contributed by atoms with Crippen LogP contribution < -0.4 is 0 Å². The predicted octanol–water partition coefficient (Wildman–Crippen LogP) is 1.32. The van der Waals surface area contributed by atoms with Crippen LogP contribution in [0.4, 0.5) is 9.18 Å². The van der Waals surface area contributed by atoms with Gasteiger partial charge in [-0.05, 0) is 24.3 Å². The van der Waals surface area contributed by atoms with Crippen LogP contribution in [0.3, 0.4) is 0 Å². The highest BCUT2D eigenvalue weighted by atomic mass is 19.1. The highest BCUT2D eigenvalue weighted by Gasteiger charge is 2.41. The zero-order valence-corrected chi connectivity index (χ0v) is 14.5. The van der Waals surface area contributed by atoms with Crippen molar-refractivity contribution in [2.45, 2.75) is 12.6 Å². The second kappa shape index (κ2) is 6.44. The summed E-state index contributed by atoms with van der Waals surface area (Å²) in [6.45, 7) is 2.50. The first-order valence-electron chi connectivity index (χ1n) is 8.59. The van der Waals surface area contributed by atoms with Crippen molar-refractivity contribution in [3.63, 3.8) is 0 Å². The molecule has 136 valence electrons. The van der Waals surface area contributed by atoms with Crippen molar-refractivity contribution in [3.8, 4) is 0 Å². The van der Waals surface area contributed by atoms with Crippen LogP contribution in [-0.2, 0) is 13.6 Å². The number of hydrogen-bond acceptors (Lipinski definition) is 3. The number of aromatic nitrogens is 2. The van der Waals surface area contributed by atoms with Crippen molar-refractivity contribution < 1.29 is 14.0 Å². The number of halogens is 1. The molecule has 3 amide bonds. The quantitative estimate of drug-likeness (QED) is 0.832. The Hall–Kier alpha value is -2.90. The van der Waals surface area contributed by atoms with Crippen LogP contribution in [0.15, 0.2) is 36.7 Å². The molecule has 0 N–H and O–H groups in total. The normalized spacial score (nSPS) is 19.8. The summed E-state index contributed by atoms with van der Waals surface area (Å²) in [5.74, 6) is 0.342. The van der Waals surface area contributed by atoms with Gasteiger partial charge in [0.1, 0.15) is 11.6 Å². The van der Waals surface area contributed by atoms with Gasteiger partial charge in [0, 0.05) is 51.2 Å². The third-order valence-corrected chi connectivity index (χ3v) is 5.06. The average Bonchev–Trinajstić information content (AvgIpc) is 3.18. The van der Waals surface area contributed by atoms with Crippen LogP contribution in [0.2, 0.25) is 0 Å². The van der Waals surface area contributed by atoms with E-state index in [1.54, 1.807) is 16.0 Å². The molecule has 0 aliphatic carbocycles. The van der Waals surface area contributed by atoms with Gasteiger partial charge in [-0.3, -0.25) is 4.79 Å². The molecule has 3 heterocycles. The molecule has 0 unspecified atom stereocenters. The molecular weight excluding hydrogens is 337 g/mol. The maximum absolute atomic E-state index is 13.1. The number of carbonyl (C=O) groups excluding carboxylic acids is 2. The van der Waals surface area contributed by atoms with Gasteiger partial charge in [0.25, 0.3) is 5.91 Å². The molecule has 26 heavy (non-hydrogen) atoms. The number of fused-ring (bicyclic) bond motifs is 1. The van der Waals surface area contributed by atoms with E-state index >= 15 is 0 Å². The Labute approximate surface area is 150 Å². The minimum atomic E-state index is -0.363. The number of rotatable bonds is 3. The molecule has 1 aromatic heterocycles. The maximum Gasteiger partial charge on any atom is 0.320 e. The van der Waals surface area contributed by atoms with Crippen LogP contribution in [0.1, 0.15) is 16.2 Å². The number of carbonyl (C=O) groups is 2. The van der Waals surface area contributed by atoms with Crippen LogP contribution >= 0.6 is 0 Å². The monoisotopic (exact) mass is 357 g/mol. The van der Waals surface area contributed by atoms with E-state index in [1.165, 1.54) is 24.3 Å². The van der Waals surface area contributed by atoms with Crippen LogP contribution in [0.25, 0.3) is 0 Å². The fourth-order valence-electron chi connectivity index (χ4n) is 3.59. The zero-order valence-electron chi connectivity index (χ0n) is 14.5. The van der Waals surface area contributed by atoms with E-state index < -0.39 is 0 Å². The molecule has 0 radical (unpaired) electrons. The van der Waals surface area contributed by atoms with Gasteiger partial charge in [0.05, 0.1) is 12.6 Å². The lowest BCUT2D eigenvalue weighted by atomic mass is 10.1. The van der Waals surface area contributed by atoms with E-state index in [0.29, 0.717) is 38.3 Å². The fourth-order valence-corrected chi connectivity index (χ4v) is 3.59. The second-order valence-corrected chi connectivity index (χ2v) is 6.72. The molecule has 2 aliphatic heterocycles. The van der Waals surface area contributed by atoms with Crippen LogP contribution in [-0.4, -0.2) is 68.4 Å². The summed E-state index contributed by atoms with van der Waals surface area (Å²) in [7, 11) is 1.90. The summed E-state index contributed by atoms with van der Waals surface area (Å²) in [6, 6.07) is 5.54. The van der Waals surface area contributed by atoms with E-state index in [1.807, 2.05) is 22.7 Å². The van der Waals surface area contributed by atoms with Gasteiger partial charge in [-0.15, -0.1) is 0 Å². The van der Waals surface area contributed by atoms with Crippen LogP contribution in [0, 0.1) is 5.82 Å². The highest BCUT2D eigenvalue weighted by molar-refractivity contribution is 5.94. The number of piperazine rings is 1. The first kappa shape index (κ1) is 16.6. The molecule has 1 aromatic carbocycles. The maximum atomic E-state index is 13.1. The van der Waals surface area contributed by atoms with E-state index in [2.05, 4.69) is 4.98 Å². The molecule has 7 nitrogen and oxygen atoms in total. The lowest BCUT2D eigenvalue weighted by Gasteiger charge is -2.36. The first-order chi connectivity index (χ1) is 12.5. The minimum absolute atomic E-state index is 0.00752. The number of hydrogen-bond donors (Lipinski definition) is 0. The smallest absolute Gasteiger partial charge is 0.320 e. The molecule has 8 heteroatoms. The Morgan fingerprint density at radius 1 is 1.23 bits per heavy atom. The van der Waals surface area contributed by atoms with Gasteiger partial charge in [-0.25, -0.2) is 14.2 Å². The summed E-state index contributed by atoms with van der Waals surface area (Å²) >= 11 is 0. The Balaban J connectivity index is 1.44. The van der Waals surface area contributed by atoms with Gasteiger partial charge in [0.15, 0.2) is 0 Å². The highest BCUT2D eigenvalue weighted by Crippen LogP contribution is 2.23. The van der Waals surface area contributed by atoms with Gasteiger partial charge in [-0.1, -0.05) is 0 Å². The van der Waals surface area contributed by atoms with Crippen molar-refractivity contribution in [3.05, 3.63) is 53.9 Å². The third kappa shape index (κ3) is 2.91. The molecule has 2 fully saturated rings. The Morgan fingerprint density at radius 3 is 2.69 bits per heavy atom. The summed E-state index contributed by atoms with van der Waals surface area (Å²) in [6.07, 6.45) is 3.57. The van der Waals surface area contributed by atoms with E-state index in [9.17, 15) is 14.0 Å². The molecular formula is C18H20FN5O2. The summed E-state index contributed by atoms with van der Waals surface area (Å²) < 4.78 is 15.0. The number of benzene rings is 1. The predicted molar refractivity (Wildman–Crippen MR) is 91.8 cm³/mol. The molecule has 2 aromatic rings. The summed E-state index contributed by atoms with van der Waals surface area (Å²) in [5.41, 5.74) is 0.467. The molecule has 0 saturated carbocycles. The van der Waals surface area contributed by atoms with E-state index in [4.69, 9.17) is 0 Å². The van der Waals surface area contributed by atoms with Crippen molar-refractivity contribution in [1.29, 1.82) is 0 Å². The number of amides is 3. The largest absolute Gasteiger partial charge is 0.337 e.